The van der Waals surface area contributed by atoms with Crippen molar-refractivity contribution in [1.29, 1.82) is 0 Å². The molecule has 15 heavy (non-hydrogen) atoms. The molecule has 0 saturated heterocycles. The molecule has 0 radical (unpaired) electrons. The second-order valence-corrected chi connectivity index (χ2v) is 4.04. The second-order valence-electron chi connectivity index (χ2n) is 4.04. The van der Waals surface area contributed by atoms with Crippen LogP contribution in [-0.2, 0) is 9.63 Å². The van der Waals surface area contributed by atoms with Crippen molar-refractivity contribution >= 4 is 5.97 Å². The van der Waals surface area contributed by atoms with Gasteiger partial charge in [0.05, 0.1) is 12.0 Å². The Hall–Kier alpha value is -0.820. The molecule has 0 fully saturated rings. The first-order chi connectivity index (χ1) is 6.51. The fraction of sp³-hybridized carbons (Fsp3) is 0.875. The SMILES string of the molecule is CC(C)(C)ONC(CC(F)(F)F)C(=O)O. The summed E-state index contributed by atoms with van der Waals surface area (Å²) >= 11 is 0. The molecule has 4 nitrogen and oxygen atoms in total. The number of hydrogen-bond donors (Lipinski definition) is 2. The molecule has 0 aliphatic rings. The Kier molecular flexibility index (Phi) is 4.54. The molecule has 0 spiro atoms. The van der Waals surface area contributed by atoms with Crippen molar-refractivity contribution in [3.63, 3.8) is 0 Å². The number of carboxylic acids is 1. The number of hydrogen-bond acceptors (Lipinski definition) is 3. The minimum absolute atomic E-state index is 0.751. The highest BCUT2D eigenvalue weighted by Crippen LogP contribution is 2.22. The number of hydroxylamine groups is 1. The largest absolute Gasteiger partial charge is 0.480 e. The topological polar surface area (TPSA) is 58.6 Å². The minimum atomic E-state index is -4.54. The molecule has 1 atom stereocenters. The summed E-state index contributed by atoms with van der Waals surface area (Å²) in [6.45, 7) is 4.77. The van der Waals surface area contributed by atoms with Crippen LogP contribution in [0.5, 0.6) is 0 Å². The summed E-state index contributed by atoms with van der Waals surface area (Å²) in [6.07, 6.45) is -6.02. The molecule has 0 aromatic heterocycles. The van der Waals surface area contributed by atoms with Crippen molar-refractivity contribution in [2.45, 2.75) is 45.0 Å². The fourth-order valence-corrected chi connectivity index (χ4v) is 0.659. The van der Waals surface area contributed by atoms with Gasteiger partial charge in [0, 0.05) is 0 Å². The molecule has 0 aliphatic heterocycles. The normalized spacial score (nSPS) is 15.1. The van der Waals surface area contributed by atoms with Gasteiger partial charge in [-0.1, -0.05) is 0 Å². The standard InChI is InChI=1S/C8H14F3NO3/c1-7(2,3)15-12-5(6(13)14)4-8(9,10)11/h5,12H,4H2,1-3H3,(H,13,14). The molecule has 0 heterocycles. The molecule has 2 N–H and O–H groups in total. The van der Waals surface area contributed by atoms with Gasteiger partial charge in [0.15, 0.2) is 0 Å². The third-order valence-electron chi connectivity index (χ3n) is 1.24. The Labute approximate surface area is 85.4 Å². The van der Waals surface area contributed by atoms with Crippen LogP contribution in [0.15, 0.2) is 0 Å². The van der Waals surface area contributed by atoms with Crippen LogP contribution in [0.4, 0.5) is 13.2 Å². The summed E-state index contributed by atoms with van der Waals surface area (Å²) in [4.78, 5) is 15.2. The van der Waals surface area contributed by atoms with E-state index in [-0.39, 0.29) is 0 Å². The lowest BCUT2D eigenvalue weighted by Crippen LogP contribution is -2.43. The van der Waals surface area contributed by atoms with Crippen molar-refractivity contribution < 1.29 is 27.9 Å². The summed E-state index contributed by atoms with van der Waals surface area (Å²) in [6, 6.07) is -1.79. The molecule has 90 valence electrons. The van der Waals surface area contributed by atoms with E-state index >= 15 is 0 Å². The van der Waals surface area contributed by atoms with E-state index in [1.807, 2.05) is 5.48 Å². The Balaban J connectivity index is 4.25. The Bertz CT molecular complexity index is 222. The van der Waals surface area contributed by atoms with Crippen LogP contribution in [0.2, 0.25) is 0 Å². The van der Waals surface area contributed by atoms with E-state index < -0.39 is 30.2 Å². The number of carbonyl (C=O) groups is 1. The molecule has 0 aromatic rings. The van der Waals surface area contributed by atoms with Crippen LogP contribution < -0.4 is 5.48 Å². The lowest BCUT2D eigenvalue weighted by Gasteiger charge is -2.23. The Morgan fingerprint density at radius 2 is 1.87 bits per heavy atom. The molecule has 0 bridgehead atoms. The first kappa shape index (κ1) is 14.2. The third-order valence-corrected chi connectivity index (χ3v) is 1.24. The molecular formula is C8H14F3NO3. The number of nitrogens with one attached hydrogen (secondary N) is 1. The van der Waals surface area contributed by atoms with Gasteiger partial charge in [-0.15, -0.1) is 0 Å². The first-order valence-corrected chi connectivity index (χ1v) is 4.24. The molecule has 1 unspecified atom stereocenters. The fourth-order valence-electron chi connectivity index (χ4n) is 0.659. The first-order valence-electron chi connectivity index (χ1n) is 4.24. The molecule has 0 aromatic carbocycles. The smallest absolute Gasteiger partial charge is 0.391 e. The van der Waals surface area contributed by atoms with Crippen molar-refractivity contribution in [1.82, 2.24) is 5.48 Å². The van der Waals surface area contributed by atoms with Crippen LogP contribution in [0.3, 0.4) is 0 Å². The van der Waals surface area contributed by atoms with Crippen LogP contribution in [0, 0.1) is 0 Å². The van der Waals surface area contributed by atoms with Gasteiger partial charge in [-0.05, 0) is 20.8 Å². The third kappa shape index (κ3) is 8.19. The summed E-state index contributed by atoms with van der Waals surface area (Å²) in [5.41, 5.74) is 1.15. The van der Waals surface area contributed by atoms with Gasteiger partial charge >= 0.3 is 12.1 Å². The van der Waals surface area contributed by atoms with Crippen LogP contribution in [-0.4, -0.2) is 28.9 Å². The lowest BCUT2D eigenvalue weighted by molar-refractivity contribution is -0.176. The highest BCUT2D eigenvalue weighted by atomic mass is 19.4. The summed E-state index contributed by atoms with van der Waals surface area (Å²) < 4.78 is 35.8. The molecular weight excluding hydrogens is 215 g/mol. The zero-order valence-corrected chi connectivity index (χ0v) is 8.68. The summed E-state index contributed by atoms with van der Waals surface area (Å²) in [5.74, 6) is -1.60. The van der Waals surface area contributed by atoms with Gasteiger partial charge in [0.2, 0.25) is 0 Å². The van der Waals surface area contributed by atoms with E-state index in [1.54, 1.807) is 20.8 Å². The van der Waals surface area contributed by atoms with E-state index in [1.165, 1.54) is 0 Å². The molecule has 0 rings (SSSR count). The summed E-state index contributed by atoms with van der Waals surface area (Å²) in [7, 11) is 0. The highest BCUT2D eigenvalue weighted by molar-refractivity contribution is 5.73. The monoisotopic (exact) mass is 229 g/mol. The van der Waals surface area contributed by atoms with Gasteiger partial charge in [-0.3, -0.25) is 9.63 Å². The van der Waals surface area contributed by atoms with Crippen molar-refractivity contribution in [3.8, 4) is 0 Å². The maximum atomic E-state index is 11.9. The Morgan fingerprint density at radius 1 is 1.40 bits per heavy atom. The number of rotatable bonds is 4. The lowest BCUT2D eigenvalue weighted by atomic mass is 10.2. The van der Waals surface area contributed by atoms with Crippen molar-refractivity contribution in [3.05, 3.63) is 0 Å². The van der Waals surface area contributed by atoms with Crippen molar-refractivity contribution in [2.24, 2.45) is 0 Å². The van der Waals surface area contributed by atoms with Crippen molar-refractivity contribution in [2.75, 3.05) is 0 Å². The molecule has 7 heteroatoms. The molecule has 0 amide bonds. The van der Waals surface area contributed by atoms with Gasteiger partial charge < -0.3 is 5.11 Å². The van der Waals surface area contributed by atoms with E-state index in [2.05, 4.69) is 0 Å². The quantitative estimate of drug-likeness (QED) is 0.720. The predicted molar refractivity (Wildman–Crippen MR) is 46.1 cm³/mol. The number of alkyl halides is 3. The maximum absolute atomic E-state index is 11.9. The predicted octanol–water partition coefficient (Wildman–Crippen LogP) is 1.71. The average Bonchev–Trinajstić information content (AvgIpc) is 1.93. The van der Waals surface area contributed by atoms with Gasteiger partial charge in [0.1, 0.15) is 6.04 Å². The summed E-state index contributed by atoms with van der Waals surface area (Å²) in [5, 5.41) is 8.49. The van der Waals surface area contributed by atoms with Crippen LogP contribution in [0.25, 0.3) is 0 Å². The number of halogens is 3. The number of aliphatic carboxylic acids is 1. The van der Waals surface area contributed by atoms with Gasteiger partial charge in [-0.2, -0.15) is 18.7 Å². The number of carboxylic acid groups (broad SMARTS) is 1. The maximum Gasteiger partial charge on any atom is 0.391 e. The highest BCUT2D eigenvalue weighted by Gasteiger charge is 2.36. The Morgan fingerprint density at radius 3 is 2.13 bits per heavy atom. The zero-order valence-electron chi connectivity index (χ0n) is 8.68. The van der Waals surface area contributed by atoms with E-state index in [0.717, 1.165) is 0 Å². The van der Waals surface area contributed by atoms with Crippen LogP contribution >= 0.6 is 0 Å². The van der Waals surface area contributed by atoms with E-state index in [0.29, 0.717) is 0 Å². The van der Waals surface area contributed by atoms with E-state index in [9.17, 15) is 18.0 Å². The average molecular weight is 229 g/mol. The minimum Gasteiger partial charge on any atom is -0.480 e. The van der Waals surface area contributed by atoms with Crippen LogP contribution in [0.1, 0.15) is 27.2 Å². The van der Waals surface area contributed by atoms with Gasteiger partial charge in [0.25, 0.3) is 0 Å². The molecule has 0 aliphatic carbocycles. The second kappa shape index (κ2) is 4.80. The van der Waals surface area contributed by atoms with E-state index in [4.69, 9.17) is 9.94 Å². The zero-order chi connectivity index (χ0) is 12.3. The molecule has 0 saturated carbocycles. The van der Waals surface area contributed by atoms with Gasteiger partial charge in [-0.25, -0.2) is 0 Å².